The second-order valence-corrected chi connectivity index (χ2v) is 6.08. The van der Waals surface area contributed by atoms with Crippen molar-refractivity contribution in [1.82, 2.24) is 4.90 Å². The van der Waals surface area contributed by atoms with Crippen molar-refractivity contribution in [3.8, 4) is 11.5 Å². The fourth-order valence-electron chi connectivity index (χ4n) is 2.25. The first kappa shape index (κ1) is 22.2. The third kappa shape index (κ3) is 7.92. The van der Waals surface area contributed by atoms with Gasteiger partial charge in [-0.15, -0.1) is 6.58 Å². The van der Waals surface area contributed by atoms with E-state index in [9.17, 15) is 4.79 Å². The van der Waals surface area contributed by atoms with E-state index in [1.165, 1.54) is 0 Å². The number of amides is 1. The maximum Gasteiger partial charge on any atom is 0.210 e. The number of allylic oxidation sites excluding steroid dienone is 1. The SMILES string of the molecule is C/C(=C\CN(C=O)C(C)c1ccc(Oc2ccccc2)cc1)CO.C=CC. The Kier molecular flexibility index (Phi) is 10.3. The number of carbonyl (C=O) groups is 1. The molecule has 1 amide bonds. The molecule has 0 aliphatic heterocycles. The number of nitrogens with zero attached hydrogens (tertiary/aromatic N) is 1. The number of hydrogen-bond donors (Lipinski definition) is 1. The zero-order valence-electron chi connectivity index (χ0n) is 16.3. The van der Waals surface area contributed by atoms with Gasteiger partial charge in [-0.1, -0.05) is 48.1 Å². The summed E-state index contributed by atoms with van der Waals surface area (Å²) >= 11 is 0. The highest BCUT2D eigenvalue weighted by Gasteiger charge is 2.13. The van der Waals surface area contributed by atoms with Gasteiger partial charge in [-0.25, -0.2) is 0 Å². The molecule has 0 saturated carbocycles. The van der Waals surface area contributed by atoms with Crippen LogP contribution in [-0.4, -0.2) is 29.6 Å². The number of ether oxygens (including phenoxy) is 1. The molecule has 0 heterocycles. The fourth-order valence-corrected chi connectivity index (χ4v) is 2.25. The van der Waals surface area contributed by atoms with Gasteiger partial charge in [0.15, 0.2) is 0 Å². The van der Waals surface area contributed by atoms with E-state index in [0.717, 1.165) is 29.0 Å². The predicted molar refractivity (Wildman–Crippen MR) is 111 cm³/mol. The molecule has 0 saturated heterocycles. The lowest BCUT2D eigenvalue weighted by Crippen LogP contribution is -2.26. The molecule has 2 aromatic carbocycles. The van der Waals surface area contributed by atoms with Gasteiger partial charge in [-0.3, -0.25) is 4.79 Å². The first-order valence-electron chi connectivity index (χ1n) is 8.93. The van der Waals surface area contributed by atoms with E-state index in [-0.39, 0.29) is 12.6 Å². The molecule has 27 heavy (non-hydrogen) atoms. The molecule has 2 rings (SSSR count). The molecule has 144 valence electrons. The lowest BCUT2D eigenvalue weighted by Gasteiger charge is -2.24. The van der Waals surface area contributed by atoms with E-state index in [1.807, 2.05) is 81.4 Å². The third-order valence-corrected chi connectivity index (χ3v) is 3.87. The second kappa shape index (κ2) is 12.5. The predicted octanol–water partition coefficient (Wildman–Crippen LogP) is 5.13. The Hall–Kier alpha value is -2.85. The number of benzene rings is 2. The highest BCUT2D eigenvalue weighted by molar-refractivity contribution is 5.49. The lowest BCUT2D eigenvalue weighted by molar-refractivity contribution is -0.119. The molecule has 0 spiro atoms. The number of aliphatic hydroxyl groups excluding tert-OH is 1. The molecular formula is C23H29NO3. The molecule has 0 aromatic heterocycles. The number of para-hydroxylation sites is 1. The lowest BCUT2D eigenvalue weighted by atomic mass is 10.1. The third-order valence-electron chi connectivity index (χ3n) is 3.87. The molecule has 1 N–H and O–H groups in total. The largest absolute Gasteiger partial charge is 0.457 e. The smallest absolute Gasteiger partial charge is 0.210 e. The average molecular weight is 367 g/mol. The molecule has 1 unspecified atom stereocenters. The molecule has 4 heteroatoms. The van der Waals surface area contributed by atoms with Crippen LogP contribution in [0.1, 0.15) is 32.4 Å². The number of hydrogen-bond acceptors (Lipinski definition) is 3. The van der Waals surface area contributed by atoms with Crippen molar-refractivity contribution >= 4 is 6.41 Å². The van der Waals surface area contributed by atoms with E-state index in [2.05, 4.69) is 6.58 Å². The Morgan fingerprint density at radius 2 is 1.70 bits per heavy atom. The highest BCUT2D eigenvalue weighted by Crippen LogP contribution is 2.25. The number of carbonyl (C=O) groups excluding carboxylic acids is 1. The van der Waals surface area contributed by atoms with Gasteiger partial charge in [-0.2, -0.15) is 0 Å². The van der Waals surface area contributed by atoms with Gasteiger partial charge in [0.05, 0.1) is 12.6 Å². The fraction of sp³-hybridized carbons (Fsp3) is 0.261. The maximum absolute atomic E-state index is 11.3. The van der Waals surface area contributed by atoms with Crippen molar-refractivity contribution in [1.29, 1.82) is 0 Å². The van der Waals surface area contributed by atoms with E-state index >= 15 is 0 Å². The number of rotatable bonds is 8. The molecule has 0 aliphatic carbocycles. The Morgan fingerprint density at radius 1 is 1.15 bits per heavy atom. The maximum atomic E-state index is 11.3. The van der Waals surface area contributed by atoms with Crippen molar-refractivity contribution in [3.05, 3.63) is 84.5 Å². The zero-order chi connectivity index (χ0) is 20.1. The van der Waals surface area contributed by atoms with Gasteiger partial charge in [0.1, 0.15) is 11.5 Å². The minimum atomic E-state index is -0.0592. The summed E-state index contributed by atoms with van der Waals surface area (Å²) in [6.07, 6.45) is 4.44. The molecule has 1 atom stereocenters. The quantitative estimate of drug-likeness (QED) is 0.520. The summed E-state index contributed by atoms with van der Waals surface area (Å²) in [5.41, 5.74) is 1.87. The van der Waals surface area contributed by atoms with Crippen LogP contribution in [-0.2, 0) is 4.79 Å². The van der Waals surface area contributed by atoms with Gasteiger partial charge >= 0.3 is 0 Å². The van der Waals surface area contributed by atoms with Crippen molar-refractivity contribution in [3.63, 3.8) is 0 Å². The summed E-state index contributed by atoms with van der Waals surface area (Å²) in [4.78, 5) is 13.0. The summed E-state index contributed by atoms with van der Waals surface area (Å²) in [5.74, 6) is 1.54. The first-order chi connectivity index (χ1) is 13.0. The van der Waals surface area contributed by atoms with Crippen LogP contribution < -0.4 is 4.74 Å². The normalized spacial score (nSPS) is 11.6. The summed E-state index contributed by atoms with van der Waals surface area (Å²) < 4.78 is 5.77. The molecule has 2 aromatic rings. The summed E-state index contributed by atoms with van der Waals surface area (Å²) in [6.45, 7) is 9.54. The molecule has 4 nitrogen and oxygen atoms in total. The van der Waals surface area contributed by atoms with Gasteiger partial charge < -0.3 is 14.7 Å². The van der Waals surface area contributed by atoms with Crippen LogP contribution in [0, 0.1) is 0 Å². The van der Waals surface area contributed by atoms with Crippen LogP contribution in [0.25, 0.3) is 0 Å². The molecule has 0 aliphatic rings. The van der Waals surface area contributed by atoms with Crippen LogP contribution in [0.2, 0.25) is 0 Å². The van der Waals surface area contributed by atoms with Gasteiger partial charge in [0, 0.05) is 6.54 Å². The minimum Gasteiger partial charge on any atom is -0.457 e. The minimum absolute atomic E-state index is 0.00655. The first-order valence-corrected chi connectivity index (χ1v) is 8.93. The summed E-state index contributed by atoms with van der Waals surface area (Å²) in [6, 6.07) is 17.3. The second-order valence-electron chi connectivity index (χ2n) is 6.08. The topological polar surface area (TPSA) is 49.8 Å². The summed E-state index contributed by atoms with van der Waals surface area (Å²) in [5, 5.41) is 9.04. The van der Waals surface area contributed by atoms with E-state index in [4.69, 9.17) is 9.84 Å². The van der Waals surface area contributed by atoms with Crippen molar-refractivity contribution in [2.24, 2.45) is 0 Å². The zero-order valence-corrected chi connectivity index (χ0v) is 16.3. The van der Waals surface area contributed by atoms with Gasteiger partial charge in [0.2, 0.25) is 6.41 Å². The standard InChI is InChI=1S/C20H23NO3.C3H6/c1-16(14-22)12-13-21(15-23)17(2)18-8-10-20(11-9-18)24-19-6-4-3-5-7-19;1-3-2/h3-12,15,17,22H,13-14H2,1-2H3;3H,1H2,2H3/b16-12+;. The number of aliphatic hydroxyl groups is 1. The van der Waals surface area contributed by atoms with Crippen molar-refractivity contribution < 1.29 is 14.6 Å². The Bertz CT molecular complexity index is 708. The van der Waals surface area contributed by atoms with Crippen LogP contribution in [0.15, 0.2) is 78.9 Å². The van der Waals surface area contributed by atoms with E-state index in [0.29, 0.717) is 6.54 Å². The van der Waals surface area contributed by atoms with E-state index < -0.39 is 0 Å². The van der Waals surface area contributed by atoms with Crippen LogP contribution in [0.3, 0.4) is 0 Å². The van der Waals surface area contributed by atoms with Crippen LogP contribution in [0.5, 0.6) is 11.5 Å². The molecule has 0 radical (unpaired) electrons. The average Bonchev–Trinajstić information content (AvgIpc) is 2.70. The monoisotopic (exact) mass is 367 g/mol. The van der Waals surface area contributed by atoms with Crippen molar-refractivity contribution in [2.45, 2.75) is 26.8 Å². The van der Waals surface area contributed by atoms with Crippen molar-refractivity contribution in [2.75, 3.05) is 13.2 Å². The Balaban J connectivity index is 0.00000114. The van der Waals surface area contributed by atoms with Gasteiger partial charge in [0.25, 0.3) is 0 Å². The Morgan fingerprint density at radius 3 is 2.22 bits per heavy atom. The molecular weight excluding hydrogens is 338 g/mol. The molecule has 0 fully saturated rings. The highest BCUT2D eigenvalue weighted by atomic mass is 16.5. The van der Waals surface area contributed by atoms with Crippen LogP contribution >= 0.6 is 0 Å². The van der Waals surface area contributed by atoms with Gasteiger partial charge in [-0.05, 0) is 50.6 Å². The van der Waals surface area contributed by atoms with Crippen LogP contribution in [0.4, 0.5) is 0 Å². The molecule has 0 bridgehead atoms. The summed E-state index contributed by atoms with van der Waals surface area (Å²) in [7, 11) is 0. The Labute approximate surface area is 162 Å². The van der Waals surface area contributed by atoms with E-state index in [1.54, 1.807) is 11.0 Å².